The van der Waals surface area contributed by atoms with Gasteiger partial charge in [0.2, 0.25) is 11.8 Å². The first-order valence-electron chi connectivity index (χ1n) is 10.8. The summed E-state index contributed by atoms with van der Waals surface area (Å²) in [6.07, 6.45) is 4.34. The van der Waals surface area contributed by atoms with E-state index in [1.165, 1.54) is 0 Å². The Morgan fingerprint density at radius 3 is 2.65 bits per heavy atom. The molecule has 0 bridgehead atoms. The van der Waals surface area contributed by atoms with Gasteiger partial charge in [0.05, 0.1) is 17.6 Å². The summed E-state index contributed by atoms with van der Waals surface area (Å²) in [5.74, 6) is -0.368. The number of amides is 3. The third-order valence-corrected chi connectivity index (χ3v) is 6.69. The van der Waals surface area contributed by atoms with Crippen molar-refractivity contribution in [3.63, 3.8) is 0 Å². The molecule has 4 heterocycles. The number of imide groups is 1. The summed E-state index contributed by atoms with van der Waals surface area (Å²) < 4.78 is 0. The molecule has 1 aromatic carbocycles. The van der Waals surface area contributed by atoms with Gasteiger partial charge in [-0.1, -0.05) is 12.1 Å². The molecule has 2 aromatic rings. The summed E-state index contributed by atoms with van der Waals surface area (Å²) in [7, 11) is 0. The zero-order valence-corrected chi connectivity index (χ0v) is 17.3. The Morgan fingerprint density at radius 1 is 1.13 bits per heavy atom. The van der Waals surface area contributed by atoms with Crippen LogP contribution in [0.5, 0.6) is 0 Å². The van der Waals surface area contributed by atoms with Crippen LogP contribution in [0.2, 0.25) is 0 Å². The van der Waals surface area contributed by atoms with Gasteiger partial charge in [0.15, 0.2) is 0 Å². The summed E-state index contributed by atoms with van der Waals surface area (Å²) >= 11 is 0. The van der Waals surface area contributed by atoms with Crippen molar-refractivity contribution < 1.29 is 14.4 Å². The molecular weight excluding hydrogens is 396 g/mol. The smallest absolute Gasteiger partial charge is 0.255 e. The molecule has 0 radical (unpaired) electrons. The average molecular weight is 422 g/mol. The molecule has 31 heavy (non-hydrogen) atoms. The van der Waals surface area contributed by atoms with Crippen LogP contribution in [0.25, 0.3) is 0 Å². The first kappa shape index (κ1) is 19.7. The lowest BCUT2D eigenvalue weighted by molar-refractivity contribution is -0.136. The van der Waals surface area contributed by atoms with E-state index in [1.807, 2.05) is 12.1 Å². The van der Waals surface area contributed by atoms with Gasteiger partial charge in [-0.15, -0.1) is 0 Å². The Morgan fingerprint density at radius 2 is 1.94 bits per heavy atom. The fourth-order valence-corrected chi connectivity index (χ4v) is 4.97. The number of likely N-dealkylation sites (tertiary alicyclic amines) is 1. The van der Waals surface area contributed by atoms with E-state index in [-0.39, 0.29) is 24.1 Å². The summed E-state index contributed by atoms with van der Waals surface area (Å²) in [4.78, 5) is 40.6. The third kappa shape index (κ3) is 3.69. The summed E-state index contributed by atoms with van der Waals surface area (Å²) in [6, 6.07) is 5.45. The van der Waals surface area contributed by atoms with E-state index in [2.05, 4.69) is 26.5 Å². The highest BCUT2D eigenvalue weighted by atomic mass is 16.2. The fraction of sp³-hybridized carbons (Fsp3) is 0.455. The molecule has 9 nitrogen and oxygen atoms in total. The number of fused-ring (bicyclic) bond motifs is 1. The lowest BCUT2D eigenvalue weighted by atomic mass is 9.92. The van der Waals surface area contributed by atoms with E-state index in [1.54, 1.807) is 11.1 Å². The van der Waals surface area contributed by atoms with Crippen LogP contribution in [0.4, 0.5) is 5.69 Å². The zero-order chi connectivity index (χ0) is 21.5. The largest absolute Gasteiger partial charge is 0.396 e. The van der Waals surface area contributed by atoms with Gasteiger partial charge in [0, 0.05) is 31.0 Å². The van der Waals surface area contributed by atoms with Gasteiger partial charge in [0.25, 0.3) is 5.91 Å². The Labute approximate surface area is 180 Å². The minimum atomic E-state index is -0.574. The van der Waals surface area contributed by atoms with Crippen molar-refractivity contribution in [3.05, 3.63) is 46.8 Å². The number of nitrogen functional groups attached to an aromatic ring is 1. The monoisotopic (exact) mass is 422 g/mol. The van der Waals surface area contributed by atoms with Gasteiger partial charge in [-0.25, -0.2) is 0 Å². The molecule has 9 heteroatoms. The third-order valence-electron chi connectivity index (χ3n) is 6.69. The highest BCUT2D eigenvalue weighted by Crippen LogP contribution is 2.32. The van der Waals surface area contributed by atoms with Crippen molar-refractivity contribution in [1.82, 2.24) is 25.3 Å². The molecule has 3 amide bonds. The first-order valence-corrected chi connectivity index (χ1v) is 10.8. The van der Waals surface area contributed by atoms with Crippen LogP contribution in [0.15, 0.2) is 24.4 Å². The Balaban J connectivity index is 1.23. The predicted molar refractivity (Wildman–Crippen MR) is 113 cm³/mol. The molecule has 4 N–H and O–H groups in total. The zero-order valence-electron chi connectivity index (χ0n) is 17.3. The molecule has 1 aromatic heterocycles. The van der Waals surface area contributed by atoms with Gasteiger partial charge in [-0.2, -0.15) is 5.10 Å². The average Bonchev–Trinajstić information content (AvgIpc) is 3.32. The molecule has 162 valence electrons. The van der Waals surface area contributed by atoms with Crippen LogP contribution in [0.3, 0.4) is 0 Å². The molecule has 3 aliphatic heterocycles. The van der Waals surface area contributed by atoms with E-state index in [9.17, 15) is 14.4 Å². The minimum absolute atomic E-state index is 0.125. The van der Waals surface area contributed by atoms with Crippen LogP contribution < -0.4 is 11.1 Å². The predicted octanol–water partition coefficient (Wildman–Crippen LogP) is 1.13. The molecule has 5 rings (SSSR count). The number of H-pyrrole nitrogens is 1. The molecule has 1 atom stereocenters. The van der Waals surface area contributed by atoms with Crippen LogP contribution >= 0.6 is 0 Å². The summed E-state index contributed by atoms with van der Waals surface area (Å²) in [5.41, 5.74) is 10.5. The maximum absolute atomic E-state index is 13.0. The number of anilines is 1. The van der Waals surface area contributed by atoms with Crippen molar-refractivity contribution in [2.24, 2.45) is 0 Å². The molecule has 0 saturated carbocycles. The van der Waals surface area contributed by atoms with Crippen LogP contribution in [-0.2, 0) is 22.7 Å². The van der Waals surface area contributed by atoms with E-state index < -0.39 is 6.04 Å². The minimum Gasteiger partial charge on any atom is -0.396 e. The number of rotatable bonds is 4. The highest BCUT2D eigenvalue weighted by Gasteiger charge is 2.39. The number of nitrogens with zero attached hydrogens (tertiary/aromatic N) is 3. The molecule has 0 aliphatic carbocycles. The molecule has 2 saturated heterocycles. The highest BCUT2D eigenvalue weighted by molar-refractivity contribution is 6.05. The van der Waals surface area contributed by atoms with Gasteiger partial charge in [0.1, 0.15) is 6.04 Å². The van der Waals surface area contributed by atoms with Crippen LogP contribution in [0, 0.1) is 0 Å². The van der Waals surface area contributed by atoms with Crippen molar-refractivity contribution in [1.29, 1.82) is 0 Å². The number of carbonyl (C=O) groups excluding carboxylic acids is 3. The second kappa shape index (κ2) is 7.81. The lowest BCUT2D eigenvalue weighted by Crippen LogP contribution is -2.52. The number of nitrogens with one attached hydrogen (secondary N) is 2. The number of nitrogens with two attached hydrogens (primary N) is 1. The maximum Gasteiger partial charge on any atom is 0.255 e. The van der Waals surface area contributed by atoms with Crippen molar-refractivity contribution in [2.75, 3.05) is 18.8 Å². The van der Waals surface area contributed by atoms with E-state index in [4.69, 9.17) is 5.73 Å². The quantitative estimate of drug-likeness (QED) is 0.635. The fourth-order valence-electron chi connectivity index (χ4n) is 4.97. The van der Waals surface area contributed by atoms with Crippen molar-refractivity contribution >= 4 is 23.4 Å². The van der Waals surface area contributed by atoms with Gasteiger partial charge < -0.3 is 10.6 Å². The van der Waals surface area contributed by atoms with Crippen molar-refractivity contribution in [2.45, 2.75) is 50.7 Å². The Hall–Kier alpha value is -3.20. The molecular formula is C22H26N6O3. The number of aromatic nitrogens is 2. The van der Waals surface area contributed by atoms with Crippen LogP contribution in [0.1, 0.15) is 58.8 Å². The van der Waals surface area contributed by atoms with Crippen LogP contribution in [-0.4, -0.2) is 56.9 Å². The van der Waals surface area contributed by atoms with Gasteiger partial charge in [-0.05, 0) is 49.5 Å². The molecule has 1 unspecified atom stereocenters. The normalized spacial score (nSPS) is 22.6. The summed E-state index contributed by atoms with van der Waals surface area (Å²) in [6.45, 7) is 3.11. The standard InChI is InChI=1S/C22H26N6O3/c23-17-10-24-26-20(17)14-5-7-27(8-6-14)11-13-1-2-15-12-28(22(31)16(15)9-13)18-3-4-19(29)25-21(18)30/h1-2,9-10,14,18H,3-8,11-12,23H2,(H,24,26)(H,25,29,30). The number of hydrogen-bond acceptors (Lipinski definition) is 6. The molecule has 0 spiro atoms. The Bertz CT molecular complexity index is 1040. The Kier molecular flexibility index (Phi) is 4.97. The number of aromatic amines is 1. The second-order valence-corrected chi connectivity index (χ2v) is 8.68. The van der Waals surface area contributed by atoms with E-state index >= 15 is 0 Å². The number of benzene rings is 1. The summed E-state index contributed by atoms with van der Waals surface area (Å²) in [5, 5.41) is 9.40. The molecule has 2 fully saturated rings. The van der Waals surface area contributed by atoms with Gasteiger partial charge in [-0.3, -0.25) is 29.7 Å². The number of carbonyl (C=O) groups is 3. The lowest BCUT2D eigenvalue weighted by Gasteiger charge is -2.31. The van der Waals surface area contributed by atoms with E-state index in [0.717, 1.165) is 55.0 Å². The van der Waals surface area contributed by atoms with E-state index in [0.29, 0.717) is 24.4 Å². The van der Waals surface area contributed by atoms with Crippen molar-refractivity contribution in [3.8, 4) is 0 Å². The number of piperidine rings is 2. The SMILES string of the molecule is Nc1cn[nH]c1C1CCN(Cc2ccc3c(c2)C(=O)N(C2CCC(=O)NC2=O)C3)CC1. The first-order chi connectivity index (χ1) is 15.0. The topological polar surface area (TPSA) is 124 Å². The number of hydrogen-bond donors (Lipinski definition) is 3. The molecule has 3 aliphatic rings. The van der Waals surface area contributed by atoms with Gasteiger partial charge >= 0.3 is 0 Å². The second-order valence-electron chi connectivity index (χ2n) is 8.68. The maximum atomic E-state index is 13.0.